The lowest BCUT2D eigenvalue weighted by atomic mass is 10.0. The fourth-order valence-corrected chi connectivity index (χ4v) is 2.06. The molecule has 0 aromatic rings. The minimum absolute atomic E-state index is 0.0940. The van der Waals surface area contributed by atoms with Crippen molar-refractivity contribution in [1.29, 1.82) is 0 Å². The van der Waals surface area contributed by atoms with Crippen molar-refractivity contribution in [2.45, 2.75) is 71.3 Å². The number of unbranched alkanes of at least 4 members (excludes halogenated alkanes) is 3. The maximum atomic E-state index is 11.7. The number of nitrogens with two attached hydrogens (primary N) is 1. The SMILES string of the molecule is CC(CCCC(C)C(=O)O)NC(=O)CCCCCCN. The Bertz CT molecular complexity index is 282. The van der Waals surface area contributed by atoms with Gasteiger partial charge in [-0.15, -0.1) is 0 Å². The summed E-state index contributed by atoms with van der Waals surface area (Å²) in [5.74, 6) is -0.962. The highest BCUT2D eigenvalue weighted by Crippen LogP contribution is 2.10. The van der Waals surface area contributed by atoms with Crippen LogP contribution in [0, 0.1) is 5.92 Å². The summed E-state index contributed by atoms with van der Waals surface area (Å²) in [7, 11) is 0. The first-order valence-electron chi connectivity index (χ1n) is 7.69. The zero-order chi connectivity index (χ0) is 15.4. The van der Waals surface area contributed by atoms with Crippen LogP contribution in [0.1, 0.15) is 65.2 Å². The van der Waals surface area contributed by atoms with Crippen LogP contribution in [0.25, 0.3) is 0 Å². The first kappa shape index (κ1) is 18.9. The summed E-state index contributed by atoms with van der Waals surface area (Å²) >= 11 is 0. The van der Waals surface area contributed by atoms with E-state index in [9.17, 15) is 9.59 Å². The molecule has 118 valence electrons. The third-order valence-corrected chi connectivity index (χ3v) is 3.46. The summed E-state index contributed by atoms with van der Waals surface area (Å²) in [5, 5.41) is 11.7. The molecule has 0 radical (unpaired) electrons. The van der Waals surface area contributed by atoms with Gasteiger partial charge in [0.15, 0.2) is 0 Å². The maximum Gasteiger partial charge on any atom is 0.306 e. The Kier molecular flexibility index (Phi) is 11.1. The summed E-state index contributed by atoms with van der Waals surface area (Å²) < 4.78 is 0. The Morgan fingerprint density at radius 3 is 2.30 bits per heavy atom. The minimum Gasteiger partial charge on any atom is -0.481 e. The van der Waals surface area contributed by atoms with E-state index in [0.717, 1.165) is 45.1 Å². The maximum absolute atomic E-state index is 11.7. The van der Waals surface area contributed by atoms with Gasteiger partial charge >= 0.3 is 5.97 Å². The molecule has 4 N–H and O–H groups in total. The van der Waals surface area contributed by atoms with E-state index in [2.05, 4.69) is 5.32 Å². The van der Waals surface area contributed by atoms with Crippen molar-refractivity contribution in [2.24, 2.45) is 11.7 Å². The number of carboxylic acids is 1. The lowest BCUT2D eigenvalue weighted by Gasteiger charge is -2.14. The molecule has 0 bridgehead atoms. The Labute approximate surface area is 122 Å². The molecule has 0 aliphatic rings. The van der Waals surface area contributed by atoms with Crippen LogP contribution in [0.4, 0.5) is 0 Å². The Hall–Kier alpha value is -1.10. The van der Waals surface area contributed by atoms with Crippen LogP contribution < -0.4 is 11.1 Å². The van der Waals surface area contributed by atoms with Crippen molar-refractivity contribution in [3.05, 3.63) is 0 Å². The Morgan fingerprint density at radius 1 is 1.05 bits per heavy atom. The average molecular weight is 286 g/mol. The third-order valence-electron chi connectivity index (χ3n) is 3.46. The van der Waals surface area contributed by atoms with Gasteiger partial charge < -0.3 is 16.2 Å². The van der Waals surface area contributed by atoms with Gasteiger partial charge in [-0.05, 0) is 39.2 Å². The number of carboxylic acid groups (broad SMARTS) is 1. The van der Waals surface area contributed by atoms with Gasteiger partial charge in [-0.1, -0.05) is 26.2 Å². The quantitative estimate of drug-likeness (QED) is 0.480. The Balaban J connectivity index is 3.57. The van der Waals surface area contributed by atoms with E-state index in [-0.39, 0.29) is 17.9 Å². The van der Waals surface area contributed by atoms with Gasteiger partial charge in [-0.25, -0.2) is 0 Å². The highest BCUT2D eigenvalue weighted by molar-refractivity contribution is 5.76. The zero-order valence-corrected chi connectivity index (χ0v) is 12.9. The molecule has 0 spiro atoms. The molecule has 0 aromatic carbocycles. The highest BCUT2D eigenvalue weighted by Gasteiger charge is 2.12. The average Bonchev–Trinajstić information content (AvgIpc) is 2.38. The number of nitrogens with one attached hydrogen (secondary N) is 1. The first-order chi connectivity index (χ1) is 9.47. The lowest BCUT2D eigenvalue weighted by Crippen LogP contribution is -2.32. The number of rotatable bonds is 12. The van der Waals surface area contributed by atoms with Crippen LogP contribution in [0.5, 0.6) is 0 Å². The molecule has 0 heterocycles. The molecule has 1 amide bonds. The molecule has 0 saturated heterocycles. The summed E-state index contributed by atoms with van der Waals surface area (Å²) in [4.78, 5) is 22.3. The zero-order valence-electron chi connectivity index (χ0n) is 12.9. The number of carbonyl (C=O) groups is 2. The normalized spacial score (nSPS) is 13.8. The molecule has 0 saturated carbocycles. The predicted molar refractivity (Wildman–Crippen MR) is 80.4 cm³/mol. The summed E-state index contributed by atoms with van der Waals surface area (Å²) in [5.41, 5.74) is 5.41. The number of carbonyl (C=O) groups excluding carboxylic acids is 1. The van der Waals surface area contributed by atoms with Crippen LogP contribution in [0.2, 0.25) is 0 Å². The van der Waals surface area contributed by atoms with Gasteiger partial charge in [0.05, 0.1) is 5.92 Å². The molecule has 2 unspecified atom stereocenters. The van der Waals surface area contributed by atoms with Crippen molar-refractivity contribution in [1.82, 2.24) is 5.32 Å². The van der Waals surface area contributed by atoms with Gasteiger partial charge in [0.1, 0.15) is 0 Å². The molecule has 0 aliphatic heterocycles. The molecule has 5 heteroatoms. The number of amides is 1. The second kappa shape index (κ2) is 11.7. The summed E-state index contributed by atoms with van der Waals surface area (Å²) in [6, 6.07) is 0.118. The van der Waals surface area contributed by atoms with E-state index in [1.165, 1.54) is 0 Å². The number of aliphatic carboxylic acids is 1. The molecule has 0 aromatic heterocycles. The molecule has 2 atom stereocenters. The predicted octanol–water partition coefficient (Wildman–Crippen LogP) is 2.29. The largest absolute Gasteiger partial charge is 0.481 e. The molecule has 5 nitrogen and oxygen atoms in total. The van der Waals surface area contributed by atoms with Crippen molar-refractivity contribution >= 4 is 11.9 Å². The van der Waals surface area contributed by atoms with Crippen molar-refractivity contribution in [2.75, 3.05) is 6.54 Å². The Morgan fingerprint density at radius 2 is 1.70 bits per heavy atom. The van der Waals surface area contributed by atoms with Crippen LogP contribution in [0.15, 0.2) is 0 Å². The van der Waals surface area contributed by atoms with E-state index >= 15 is 0 Å². The molecular weight excluding hydrogens is 256 g/mol. The lowest BCUT2D eigenvalue weighted by molar-refractivity contribution is -0.141. The fraction of sp³-hybridized carbons (Fsp3) is 0.867. The topological polar surface area (TPSA) is 92.4 Å². The van der Waals surface area contributed by atoms with E-state index in [4.69, 9.17) is 10.8 Å². The van der Waals surface area contributed by atoms with Gasteiger partial charge in [-0.2, -0.15) is 0 Å². The number of hydrogen-bond donors (Lipinski definition) is 3. The molecule has 0 aliphatic carbocycles. The smallest absolute Gasteiger partial charge is 0.306 e. The second-order valence-electron chi connectivity index (χ2n) is 5.59. The summed E-state index contributed by atoms with van der Waals surface area (Å²) in [6.45, 7) is 4.41. The monoisotopic (exact) mass is 286 g/mol. The van der Waals surface area contributed by atoms with Crippen molar-refractivity contribution in [3.63, 3.8) is 0 Å². The summed E-state index contributed by atoms with van der Waals surface area (Å²) in [6.07, 6.45) is 6.97. The second-order valence-corrected chi connectivity index (χ2v) is 5.59. The minimum atomic E-state index is -0.751. The van der Waals surface area contributed by atoms with Crippen molar-refractivity contribution in [3.8, 4) is 0 Å². The van der Waals surface area contributed by atoms with Gasteiger partial charge in [0.25, 0.3) is 0 Å². The molecule has 0 fully saturated rings. The van der Waals surface area contributed by atoms with E-state index in [1.54, 1.807) is 6.92 Å². The van der Waals surface area contributed by atoms with E-state index < -0.39 is 5.97 Å². The number of hydrogen-bond acceptors (Lipinski definition) is 3. The molecule has 0 rings (SSSR count). The fourth-order valence-electron chi connectivity index (χ4n) is 2.06. The molecular formula is C15H30N2O3. The van der Waals surface area contributed by atoms with Gasteiger partial charge in [0, 0.05) is 12.5 Å². The van der Waals surface area contributed by atoms with E-state index in [1.807, 2.05) is 6.92 Å². The van der Waals surface area contributed by atoms with Crippen molar-refractivity contribution < 1.29 is 14.7 Å². The van der Waals surface area contributed by atoms with Crippen LogP contribution in [0.3, 0.4) is 0 Å². The third kappa shape index (κ3) is 10.8. The van der Waals surface area contributed by atoms with E-state index in [0.29, 0.717) is 12.8 Å². The van der Waals surface area contributed by atoms with Crippen LogP contribution in [-0.2, 0) is 9.59 Å². The standard InChI is InChI=1S/C15H30N2O3/c1-12(15(19)20)8-7-9-13(2)17-14(18)10-5-3-4-6-11-16/h12-13H,3-11,16H2,1-2H3,(H,17,18)(H,19,20). The van der Waals surface area contributed by atoms with Gasteiger partial charge in [0.2, 0.25) is 5.91 Å². The highest BCUT2D eigenvalue weighted by atomic mass is 16.4. The van der Waals surface area contributed by atoms with Crippen LogP contribution >= 0.6 is 0 Å². The molecule has 20 heavy (non-hydrogen) atoms. The van der Waals surface area contributed by atoms with Gasteiger partial charge in [-0.3, -0.25) is 9.59 Å². The van der Waals surface area contributed by atoms with Crippen LogP contribution in [-0.4, -0.2) is 29.6 Å². The first-order valence-corrected chi connectivity index (χ1v) is 7.69.